The van der Waals surface area contributed by atoms with Crippen LogP contribution in [0.1, 0.15) is 77.1 Å². The molecule has 11 nitrogen and oxygen atoms in total. The average Bonchev–Trinajstić information content (AvgIpc) is 3.38. The van der Waals surface area contributed by atoms with E-state index in [9.17, 15) is 27.6 Å². The standard InChI is InChI=1S/C30H38N4O7S2/c1-3-41-30(38)22-8-7-16-34(18-22)43(39,40)23-11-9-21(10-12-23)27(36)31-28-26(29(37)32-14-5-4-6-15-32)24-13-17-33(20(2)35)19-25(24)42-28/h9-12,22H,3-8,13-19H2,1-2H3,(H,31,36). The molecule has 2 aromatic rings. The largest absolute Gasteiger partial charge is 0.466 e. The lowest BCUT2D eigenvalue weighted by Crippen LogP contribution is -2.42. The molecule has 5 rings (SSSR count). The first-order chi connectivity index (χ1) is 20.6. The number of hydrogen-bond donors (Lipinski definition) is 1. The van der Waals surface area contributed by atoms with Crippen LogP contribution in [-0.2, 0) is 37.3 Å². The van der Waals surface area contributed by atoms with Crippen molar-refractivity contribution in [2.75, 3.05) is 44.6 Å². The van der Waals surface area contributed by atoms with Gasteiger partial charge in [0.15, 0.2) is 0 Å². The number of piperidine rings is 2. The minimum absolute atomic E-state index is 0.0328. The molecular weight excluding hydrogens is 592 g/mol. The maximum atomic E-state index is 13.7. The van der Waals surface area contributed by atoms with E-state index in [1.54, 1.807) is 11.8 Å². The highest BCUT2D eigenvalue weighted by atomic mass is 32.2. The molecule has 1 aromatic carbocycles. The lowest BCUT2D eigenvalue weighted by atomic mass is 10.0. The van der Waals surface area contributed by atoms with Gasteiger partial charge in [-0.3, -0.25) is 19.2 Å². The summed E-state index contributed by atoms with van der Waals surface area (Å²) in [6.45, 7) is 6.09. The second-order valence-electron chi connectivity index (χ2n) is 11.2. The van der Waals surface area contributed by atoms with Crippen LogP contribution in [0.4, 0.5) is 5.00 Å². The Morgan fingerprint density at radius 2 is 1.70 bits per heavy atom. The Kier molecular flexibility index (Phi) is 9.52. The molecule has 43 heavy (non-hydrogen) atoms. The van der Waals surface area contributed by atoms with Crippen LogP contribution >= 0.6 is 11.3 Å². The minimum atomic E-state index is -3.88. The Labute approximate surface area is 256 Å². The Bertz CT molecular complexity index is 1500. The number of anilines is 1. The molecule has 0 saturated carbocycles. The zero-order valence-electron chi connectivity index (χ0n) is 24.6. The molecule has 2 saturated heterocycles. The number of rotatable bonds is 7. The fourth-order valence-corrected chi connectivity index (χ4v) is 8.73. The Hall–Kier alpha value is -3.29. The zero-order valence-corrected chi connectivity index (χ0v) is 26.2. The first-order valence-corrected chi connectivity index (χ1v) is 17.1. The van der Waals surface area contributed by atoms with Gasteiger partial charge in [0.05, 0.1) is 29.5 Å². The number of carbonyl (C=O) groups excluding carboxylic acids is 4. The number of esters is 1. The van der Waals surface area contributed by atoms with E-state index in [4.69, 9.17) is 4.74 Å². The number of carbonyl (C=O) groups is 4. The molecule has 1 aromatic heterocycles. The first kappa shape index (κ1) is 31.1. The van der Waals surface area contributed by atoms with Gasteiger partial charge >= 0.3 is 5.97 Å². The molecule has 0 radical (unpaired) electrons. The van der Waals surface area contributed by atoms with Crippen molar-refractivity contribution >= 4 is 50.1 Å². The van der Waals surface area contributed by atoms with Crippen molar-refractivity contribution in [3.05, 3.63) is 45.8 Å². The second kappa shape index (κ2) is 13.1. The van der Waals surface area contributed by atoms with Crippen LogP contribution < -0.4 is 5.32 Å². The molecule has 13 heteroatoms. The molecule has 1 unspecified atom stereocenters. The van der Waals surface area contributed by atoms with Gasteiger partial charge in [-0.15, -0.1) is 11.3 Å². The number of sulfonamides is 1. The number of amides is 3. The number of benzene rings is 1. The number of fused-ring (bicyclic) bond motifs is 1. The fourth-order valence-electron chi connectivity index (χ4n) is 5.96. The van der Waals surface area contributed by atoms with Crippen molar-refractivity contribution in [3.8, 4) is 0 Å². The van der Waals surface area contributed by atoms with E-state index in [0.29, 0.717) is 62.6 Å². The van der Waals surface area contributed by atoms with Crippen LogP contribution in [0.3, 0.4) is 0 Å². The minimum Gasteiger partial charge on any atom is -0.466 e. The zero-order chi connectivity index (χ0) is 30.7. The van der Waals surface area contributed by atoms with Crippen molar-refractivity contribution in [1.82, 2.24) is 14.1 Å². The van der Waals surface area contributed by atoms with Gasteiger partial charge in [0, 0.05) is 50.1 Å². The van der Waals surface area contributed by atoms with E-state index in [1.807, 2.05) is 4.90 Å². The Balaban J connectivity index is 1.35. The van der Waals surface area contributed by atoms with Crippen LogP contribution in [0.2, 0.25) is 0 Å². The van der Waals surface area contributed by atoms with E-state index < -0.39 is 27.8 Å². The molecule has 0 bridgehead atoms. The van der Waals surface area contributed by atoms with Crippen LogP contribution in [0.5, 0.6) is 0 Å². The van der Waals surface area contributed by atoms with Crippen LogP contribution in [0.15, 0.2) is 29.2 Å². The summed E-state index contributed by atoms with van der Waals surface area (Å²) in [4.78, 5) is 55.8. The van der Waals surface area contributed by atoms with Gasteiger partial charge in [-0.25, -0.2) is 8.42 Å². The maximum Gasteiger partial charge on any atom is 0.310 e. The monoisotopic (exact) mass is 630 g/mol. The number of nitrogens with one attached hydrogen (secondary N) is 1. The number of ether oxygens (including phenoxy) is 1. The van der Waals surface area contributed by atoms with Gasteiger partial charge in [-0.05, 0) is 75.3 Å². The summed E-state index contributed by atoms with van der Waals surface area (Å²) in [5.74, 6) is -1.50. The second-order valence-corrected chi connectivity index (χ2v) is 14.2. The van der Waals surface area contributed by atoms with Crippen LogP contribution in [0, 0.1) is 5.92 Å². The third kappa shape index (κ3) is 6.63. The SMILES string of the molecule is CCOC(=O)C1CCCN(S(=O)(=O)c2ccc(C(=O)Nc3sc4c(c3C(=O)N3CCCCC3)CCN(C(C)=O)C4)cc2)C1. The van der Waals surface area contributed by atoms with Crippen molar-refractivity contribution in [1.29, 1.82) is 0 Å². The summed E-state index contributed by atoms with van der Waals surface area (Å²) in [6.07, 6.45) is 4.62. The van der Waals surface area contributed by atoms with Crippen molar-refractivity contribution in [2.24, 2.45) is 5.92 Å². The van der Waals surface area contributed by atoms with E-state index in [1.165, 1.54) is 46.8 Å². The third-order valence-corrected chi connectivity index (χ3v) is 11.4. The number of nitrogens with zero attached hydrogens (tertiary/aromatic N) is 3. The topological polar surface area (TPSA) is 133 Å². The molecule has 232 valence electrons. The Morgan fingerprint density at radius 1 is 0.977 bits per heavy atom. The van der Waals surface area contributed by atoms with Crippen LogP contribution in [0.25, 0.3) is 0 Å². The number of likely N-dealkylation sites (tertiary alicyclic amines) is 1. The highest BCUT2D eigenvalue weighted by molar-refractivity contribution is 7.89. The molecule has 3 amide bonds. The molecule has 0 aliphatic carbocycles. The molecule has 0 spiro atoms. The summed E-state index contributed by atoms with van der Waals surface area (Å²) >= 11 is 1.32. The van der Waals surface area contributed by atoms with Crippen molar-refractivity contribution in [2.45, 2.75) is 63.8 Å². The summed E-state index contributed by atoms with van der Waals surface area (Å²) < 4.78 is 33.1. The smallest absolute Gasteiger partial charge is 0.310 e. The van der Waals surface area contributed by atoms with E-state index >= 15 is 0 Å². The van der Waals surface area contributed by atoms with Gasteiger partial charge in [-0.1, -0.05) is 0 Å². The normalized spacial score (nSPS) is 19.4. The lowest BCUT2D eigenvalue weighted by molar-refractivity contribution is -0.149. The van der Waals surface area contributed by atoms with E-state index in [2.05, 4.69) is 5.32 Å². The molecule has 3 aliphatic rings. The summed E-state index contributed by atoms with van der Waals surface area (Å²) in [7, 11) is -3.88. The van der Waals surface area contributed by atoms with Crippen molar-refractivity contribution in [3.63, 3.8) is 0 Å². The predicted molar refractivity (Wildman–Crippen MR) is 161 cm³/mol. The van der Waals surface area contributed by atoms with Gasteiger partial charge in [0.25, 0.3) is 11.8 Å². The number of thiophene rings is 1. The quantitative estimate of drug-likeness (QED) is 0.463. The summed E-state index contributed by atoms with van der Waals surface area (Å²) in [5.41, 5.74) is 1.63. The van der Waals surface area contributed by atoms with Crippen LogP contribution in [-0.4, -0.2) is 85.5 Å². The van der Waals surface area contributed by atoms with Crippen molar-refractivity contribution < 1.29 is 32.3 Å². The highest BCUT2D eigenvalue weighted by Crippen LogP contribution is 2.38. The maximum absolute atomic E-state index is 13.7. The summed E-state index contributed by atoms with van der Waals surface area (Å²) in [5, 5.41) is 3.37. The molecule has 1 atom stereocenters. The molecule has 4 heterocycles. The van der Waals surface area contributed by atoms with Gasteiger partial charge in [0.2, 0.25) is 15.9 Å². The third-order valence-electron chi connectivity index (χ3n) is 8.34. The molecule has 3 aliphatic heterocycles. The average molecular weight is 631 g/mol. The Morgan fingerprint density at radius 3 is 2.37 bits per heavy atom. The first-order valence-electron chi connectivity index (χ1n) is 14.9. The van der Waals surface area contributed by atoms with E-state index in [0.717, 1.165) is 29.7 Å². The van der Waals surface area contributed by atoms with Gasteiger partial charge in [-0.2, -0.15) is 4.31 Å². The molecule has 1 N–H and O–H groups in total. The number of hydrogen-bond acceptors (Lipinski definition) is 8. The van der Waals surface area contributed by atoms with Gasteiger partial charge in [0.1, 0.15) is 5.00 Å². The lowest BCUT2D eigenvalue weighted by Gasteiger charge is -2.30. The fraction of sp³-hybridized carbons (Fsp3) is 0.533. The van der Waals surface area contributed by atoms with Gasteiger partial charge < -0.3 is 19.9 Å². The summed E-state index contributed by atoms with van der Waals surface area (Å²) in [6, 6.07) is 5.68. The predicted octanol–water partition coefficient (Wildman–Crippen LogP) is 3.49. The molecular formula is C30H38N4O7S2. The van der Waals surface area contributed by atoms with E-state index in [-0.39, 0.29) is 35.4 Å². The molecule has 2 fully saturated rings. The highest BCUT2D eigenvalue weighted by Gasteiger charge is 2.35.